The van der Waals surface area contributed by atoms with Gasteiger partial charge in [0, 0.05) is 17.7 Å². The van der Waals surface area contributed by atoms with Gasteiger partial charge >= 0.3 is 6.03 Å². The molecule has 2 rings (SSSR count). The van der Waals surface area contributed by atoms with Crippen molar-refractivity contribution in [2.24, 2.45) is 0 Å². The third-order valence-electron chi connectivity index (χ3n) is 3.79. The molecule has 0 spiro atoms. The molecule has 1 unspecified atom stereocenters. The van der Waals surface area contributed by atoms with Gasteiger partial charge in [0.25, 0.3) is 5.91 Å². The Bertz CT molecular complexity index is 619. The lowest BCUT2D eigenvalue weighted by atomic mass is 9.97. The highest BCUT2D eigenvalue weighted by atomic mass is 16.2. The molecule has 0 fully saturated rings. The lowest BCUT2D eigenvalue weighted by Crippen LogP contribution is -3.10. The van der Waals surface area contributed by atoms with E-state index in [2.05, 4.69) is 34.9 Å². The molecule has 3 amide bonds. The molecule has 0 heterocycles. The van der Waals surface area contributed by atoms with Crippen LogP contribution in [0.1, 0.15) is 24.1 Å². The Balaban J connectivity index is 2.15. The van der Waals surface area contributed by atoms with Gasteiger partial charge < -0.3 is 10.2 Å². The van der Waals surface area contributed by atoms with Crippen LogP contribution in [0.25, 0.3) is 0 Å². The summed E-state index contributed by atoms with van der Waals surface area (Å²) < 4.78 is 0. The van der Waals surface area contributed by atoms with Gasteiger partial charge in [0.2, 0.25) is 0 Å². The maximum atomic E-state index is 12.1. The van der Waals surface area contributed by atoms with Crippen LogP contribution in [0.5, 0.6) is 0 Å². The van der Waals surface area contributed by atoms with E-state index in [9.17, 15) is 9.59 Å². The van der Waals surface area contributed by atoms with Crippen LogP contribution in [0.3, 0.4) is 0 Å². The number of imide groups is 1. The number of hydrogen-bond donors (Lipinski definition) is 3. The minimum Gasteiger partial charge on any atom is -0.338 e. The van der Waals surface area contributed by atoms with Gasteiger partial charge in [-0.1, -0.05) is 60.7 Å². The number of carbonyl (C=O) groups excluding carboxylic acids is 2. The fraction of sp³-hybridized carbons (Fsp3) is 0.263. The van der Waals surface area contributed by atoms with Gasteiger partial charge in [-0.2, -0.15) is 0 Å². The number of benzene rings is 2. The number of quaternary nitrogens is 1. The zero-order valence-corrected chi connectivity index (χ0v) is 14.1. The molecule has 126 valence electrons. The number of hydrogen-bond acceptors (Lipinski definition) is 2. The summed E-state index contributed by atoms with van der Waals surface area (Å²) in [6, 6.07) is 19.7. The molecule has 0 saturated heterocycles. The Morgan fingerprint density at radius 1 is 0.958 bits per heavy atom. The summed E-state index contributed by atoms with van der Waals surface area (Å²) in [5.74, 6) is -0.296. The minimum atomic E-state index is -0.453. The molecule has 0 radical (unpaired) electrons. The molecule has 5 heteroatoms. The second kappa shape index (κ2) is 8.84. The molecule has 3 N–H and O–H groups in total. The van der Waals surface area contributed by atoms with Crippen LogP contribution in [-0.4, -0.2) is 32.1 Å². The van der Waals surface area contributed by atoms with Gasteiger partial charge in [0.05, 0.1) is 7.05 Å². The standard InChI is InChI=1S/C19H23N3O2/c1-3-20-19(24)21-17(23)14-22(2)18(15-10-6-4-7-11-15)16-12-8-5-9-13-16/h4-13,18H,3,14H2,1-2H3,(H2,20,21,23,24)/p+1. The molecular formula is C19H24N3O2+. The first-order valence-corrected chi connectivity index (χ1v) is 8.11. The van der Waals surface area contributed by atoms with Gasteiger partial charge in [0.15, 0.2) is 6.54 Å². The molecule has 1 atom stereocenters. The summed E-state index contributed by atoms with van der Waals surface area (Å²) >= 11 is 0. The quantitative estimate of drug-likeness (QED) is 0.745. The van der Waals surface area contributed by atoms with Gasteiger partial charge in [0.1, 0.15) is 6.04 Å². The number of nitrogens with one attached hydrogen (secondary N) is 3. The Kier molecular flexibility index (Phi) is 6.51. The summed E-state index contributed by atoms with van der Waals surface area (Å²) in [6.45, 7) is 2.49. The van der Waals surface area contributed by atoms with E-state index in [0.717, 1.165) is 16.0 Å². The zero-order valence-electron chi connectivity index (χ0n) is 14.1. The van der Waals surface area contributed by atoms with Crippen LogP contribution in [0.2, 0.25) is 0 Å². The predicted octanol–water partition coefficient (Wildman–Crippen LogP) is 1.14. The van der Waals surface area contributed by atoms with Gasteiger partial charge in [-0.25, -0.2) is 4.79 Å². The van der Waals surface area contributed by atoms with Crippen molar-refractivity contribution in [3.8, 4) is 0 Å². The highest BCUT2D eigenvalue weighted by Gasteiger charge is 2.25. The van der Waals surface area contributed by atoms with Crippen LogP contribution in [-0.2, 0) is 4.79 Å². The van der Waals surface area contributed by atoms with Crippen LogP contribution >= 0.6 is 0 Å². The lowest BCUT2D eigenvalue weighted by Gasteiger charge is -2.25. The summed E-state index contributed by atoms with van der Waals surface area (Å²) in [7, 11) is 1.96. The first-order valence-electron chi connectivity index (χ1n) is 8.11. The molecular weight excluding hydrogens is 302 g/mol. The van der Waals surface area contributed by atoms with E-state index in [1.165, 1.54) is 0 Å². The first-order chi connectivity index (χ1) is 11.6. The monoisotopic (exact) mass is 326 g/mol. The van der Waals surface area contributed by atoms with Crippen molar-refractivity contribution in [1.29, 1.82) is 0 Å². The van der Waals surface area contributed by atoms with Crippen molar-refractivity contribution in [2.75, 3.05) is 20.1 Å². The van der Waals surface area contributed by atoms with E-state index >= 15 is 0 Å². The van der Waals surface area contributed by atoms with Gasteiger partial charge in [-0.3, -0.25) is 10.1 Å². The summed E-state index contributed by atoms with van der Waals surface area (Å²) in [5.41, 5.74) is 2.26. The average Bonchev–Trinajstić information content (AvgIpc) is 2.57. The normalized spacial score (nSPS) is 11.8. The molecule has 0 saturated carbocycles. The molecule has 24 heavy (non-hydrogen) atoms. The molecule has 5 nitrogen and oxygen atoms in total. The Morgan fingerprint density at radius 2 is 1.46 bits per heavy atom. The first kappa shape index (κ1) is 17.7. The summed E-state index contributed by atoms with van der Waals surface area (Å²) in [4.78, 5) is 24.6. The summed E-state index contributed by atoms with van der Waals surface area (Å²) in [6.07, 6.45) is 0. The van der Waals surface area contributed by atoms with Crippen LogP contribution < -0.4 is 15.5 Å². The fourth-order valence-electron chi connectivity index (χ4n) is 2.78. The van der Waals surface area contributed by atoms with E-state index in [-0.39, 0.29) is 18.5 Å². The number of carbonyl (C=O) groups is 2. The van der Waals surface area contributed by atoms with E-state index in [1.54, 1.807) is 0 Å². The van der Waals surface area contributed by atoms with Crippen molar-refractivity contribution >= 4 is 11.9 Å². The van der Waals surface area contributed by atoms with Crippen molar-refractivity contribution in [2.45, 2.75) is 13.0 Å². The largest absolute Gasteiger partial charge is 0.338 e. The second-order valence-corrected chi connectivity index (χ2v) is 5.69. The molecule has 0 bridgehead atoms. The Morgan fingerprint density at radius 3 is 1.92 bits per heavy atom. The lowest BCUT2D eigenvalue weighted by molar-refractivity contribution is -0.898. The minimum absolute atomic E-state index is 0.0207. The van der Waals surface area contributed by atoms with Gasteiger partial charge in [-0.15, -0.1) is 0 Å². The highest BCUT2D eigenvalue weighted by molar-refractivity contribution is 5.94. The number of likely N-dealkylation sites (N-methyl/N-ethyl adjacent to an activating group) is 1. The third kappa shape index (κ3) is 4.93. The highest BCUT2D eigenvalue weighted by Crippen LogP contribution is 2.18. The molecule has 0 aliphatic rings. The van der Waals surface area contributed by atoms with Crippen molar-refractivity contribution in [3.05, 3.63) is 71.8 Å². The average molecular weight is 326 g/mol. The Hall–Kier alpha value is -2.66. The van der Waals surface area contributed by atoms with Crippen LogP contribution in [0.15, 0.2) is 60.7 Å². The van der Waals surface area contributed by atoms with Crippen LogP contribution in [0, 0.1) is 0 Å². The summed E-state index contributed by atoms with van der Waals surface area (Å²) in [5, 5.41) is 4.92. The number of urea groups is 1. The third-order valence-corrected chi connectivity index (χ3v) is 3.79. The number of amides is 3. The Labute approximate surface area is 142 Å². The smallest absolute Gasteiger partial charge is 0.321 e. The molecule has 0 aromatic heterocycles. The molecule has 0 aliphatic heterocycles. The maximum absolute atomic E-state index is 12.1. The maximum Gasteiger partial charge on any atom is 0.321 e. The van der Waals surface area contributed by atoms with E-state index in [1.807, 2.05) is 50.4 Å². The second-order valence-electron chi connectivity index (χ2n) is 5.69. The van der Waals surface area contributed by atoms with Crippen molar-refractivity contribution in [3.63, 3.8) is 0 Å². The van der Waals surface area contributed by atoms with Crippen molar-refractivity contribution in [1.82, 2.24) is 10.6 Å². The van der Waals surface area contributed by atoms with E-state index in [0.29, 0.717) is 6.54 Å². The molecule has 2 aromatic carbocycles. The van der Waals surface area contributed by atoms with Crippen LogP contribution in [0.4, 0.5) is 4.79 Å². The fourth-order valence-corrected chi connectivity index (χ4v) is 2.78. The molecule has 0 aliphatic carbocycles. The zero-order chi connectivity index (χ0) is 17.4. The van der Waals surface area contributed by atoms with E-state index < -0.39 is 6.03 Å². The molecule has 2 aromatic rings. The van der Waals surface area contributed by atoms with Gasteiger partial charge in [-0.05, 0) is 6.92 Å². The predicted molar refractivity (Wildman–Crippen MR) is 93.7 cm³/mol. The topological polar surface area (TPSA) is 62.6 Å². The SMILES string of the molecule is CCNC(=O)NC(=O)C[NH+](C)C(c1ccccc1)c1ccccc1. The number of rotatable bonds is 6. The van der Waals surface area contributed by atoms with E-state index in [4.69, 9.17) is 0 Å². The van der Waals surface area contributed by atoms with Crippen molar-refractivity contribution < 1.29 is 14.5 Å².